The molecule has 0 radical (unpaired) electrons. The summed E-state index contributed by atoms with van der Waals surface area (Å²) in [6.45, 7) is 4.69. The van der Waals surface area contributed by atoms with Crippen molar-refractivity contribution in [2.75, 3.05) is 0 Å². The van der Waals surface area contributed by atoms with Gasteiger partial charge in [0.05, 0.1) is 0 Å². The Morgan fingerprint density at radius 3 is 1.61 bits per heavy atom. The van der Waals surface area contributed by atoms with Crippen LogP contribution in [0.3, 0.4) is 0 Å². The fourth-order valence-electron chi connectivity index (χ4n) is 7.01. The molecule has 0 unspecified atom stereocenters. The molecule has 0 bridgehead atoms. The van der Waals surface area contributed by atoms with Gasteiger partial charge in [-0.3, -0.25) is 0 Å². The molecule has 0 N–H and O–H groups in total. The van der Waals surface area contributed by atoms with Crippen LogP contribution in [-0.2, 0) is 5.41 Å². The summed E-state index contributed by atoms with van der Waals surface area (Å²) in [7, 11) is 0. The van der Waals surface area contributed by atoms with Crippen LogP contribution in [0.1, 0.15) is 25.0 Å². The van der Waals surface area contributed by atoms with E-state index in [2.05, 4.69) is 117 Å². The molecule has 1 aliphatic rings. The van der Waals surface area contributed by atoms with Crippen LogP contribution in [0.5, 0.6) is 0 Å². The summed E-state index contributed by atoms with van der Waals surface area (Å²) >= 11 is 1.91. The molecule has 2 heterocycles. The summed E-state index contributed by atoms with van der Waals surface area (Å²) in [6.07, 6.45) is 0. The van der Waals surface area contributed by atoms with E-state index in [4.69, 9.17) is 15.0 Å². The first-order chi connectivity index (χ1) is 22.6. The minimum Gasteiger partial charge on any atom is -0.208 e. The number of rotatable bonds is 4. The van der Waals surface area contributed by atoms with E-state index in [1.807, 2.05) is 47.7 Å². The van der Waals surface area contributed by atoms with Gasteiger partial charge >= 0.3 is 0 Å². The highest BCUT2D eigenvalue weighted by Gasteiger charge is 2.37. The summed E-state index contributed by atoms with van der Waals surface area (Å²) < 4.78 is 2.67. The Balaban J connectivity index is 1.27. The average molecular weight is 608 g/mol. The molecule has 9 rings (SSSR count). The van der Waals surface area contributed by atoms with Crippen molar-refractivity contribution in [3.05, 3.63) is 151 Å². The van der Waals surface area contributed by atoms with E-state index in [1.165, 1.54) is 53.6 Å². The van der Waals surface area contributed by atoms with Crippen LogP contribution in [0, 0.1) is 0 Å². The third-order valence-corrected chi connectivity index (χ3v) is 10.6. The number of hydrogen-bond acceptors (Lipinski definition) is 4. The van der Waals surface area contributed by atoms with Crippen LogP contribution in [0.25, 0.3) is 76.6 Å². The van der Waals surface area contributed by atoms with Crippen LogP contribution < -0.4 is 0 Å². The minimum atomic E-state index is -0.126. The molecule has 0 spiro atoms. The van der Waals surface area contributed by atoms with Crippen LogP contribution in [0.2, 0.25) is 0 Å². The lowest BCUT2D eigenvalue weighted by Crippen LogP contribution is -2.14. The van der Waals surface area contributed by atoms with Gasteiger partial charge in [0, 0.05) is 47.8 Å². The maximum Gasteiger partial charge on any atom is 0.164 e. The Morgan fingerprint density at radius 1 is 0.435 bits per heavy atom. The van der Waals surface area contributed by atoms with Gasteiger partial charge in [-0.25, -0.2) is 15.0 Å². The molecule has 4 heteroatoms. The first-order valence-corrected chi connectivity index (χ1v) is 16.4. The number of hydrogen-bond donors (Lipinski definition) is 0. The van der Waals surface area contributed by atoms with E-state index in [-0.39, 0.29) is 5.41 Å². The molecule has 218 valence electrons. The van der Waals surface area contributed by atoms with Gasteiger partial charge in [-0.05, 0) is 33.9 Å². The third-order valence-electron chi connectivity index (χ3n) is 9.34. The number of fused-ring (bicyclic) bond motifs is 7. The smallest absolute Gasteiger partial charge is 0.164 e. The molecule has 2 aromatic heterocycles. The van der Waals surface area contributed by atoms with Gasteiger partial charge in [-0.1, -0.05) is 147 Å². The maximum atomic E-state index is 5.04. The van der Waals surface area contributed by atoms with Crippen LogP contribution in [0.15, 0.2) is 140 Å². The monoisotopic (exact) mass is 607 g/mol. The normalized spacial score (nSPS) is 13.2. The van der Waals surface area contributed by atoms with Crippen molar-refractivity contribution in [1.29, 1.82) is 0 Å². The summed E-state index contributed by atoms with van der Waals surface area (Å²) in [4.78, 5) is 15.0. The van der Waals surface area contributed by atoms with Crippen LogP contribution in [-0.4, -0.2) is 15.0 Å². The first-order valence-electron chi connectivity index (χ1n) is 15.6. The number of benzene rings is 6. The Hall–Kier alpha value is -5.45. The highest BCUT2D eigenvalue weighted by atomic mass is 32.1. The Bertz CT molecular complexity index is 2370. The molecule has 6 aromatic carbocycles. The van der Waals surface area contributed by atoms with Gasteiger partial charge < -0.3 is 0 Å². The second kappa shape index (κ2) is 10.3. The van der Waals surface area contributed by atoms with E-state index in [1.54, 1.807) is 0 Å². The lowest BCUT2D eigenvalue weighted by Gasteiger charge is -2.21. The molecule has 0 saturated carbocycles. The predicted octanol–water partition coefficient (Wildman–Crippen LogP) is 11.2. The number of nitrogens with zero attached hydrogens (tertiary/aromatic N) is 3. The predicted molar refractivity (Wildman–Crippen MR) is 192 cm³/mol. The van der Waals surface area contributed by atoms with E-state index in [9.17, 15) is 0 Å². The second-order valence-corrected chi connectivity index (χ2v) is 13.5. The SMILES string of the molecule is CC1(C)c2ccc(-c3nc(-c4ccccc4)nc(-c4ccccc4)n3)cc2-c2c1ccc1c2sc2c(-c3ccccc3)cccc21. The Kier molecular flexibility index (Phi) is 6.02. The maximum absolute atomic E-state index is 5.04. The Labute approximate surface area is 271 Å². The molecule has 1 aliphatic carbocycles. The van der Waals surface area contributed by atoms with E-state index in [0.29, 0.717) is 17.5 Å². The quantitative estimate of drug-likeness (QED) is 0.200. The lowest BCUT2D eigenvalue weighted by molar-refractivity contribution is 0.661. The van der Waals surface area contributed by atoms with Crippen molar-refractivity contribution in [3.63, 3.8) is 0 Å². The molecule has 0 fully saturated rings. The summed E-state index contributed by atoms with van der Waals surface area (Å²) in [6, 6.07) is 49.2. The van der Waals surface area contributed by atoms with Gasteiger partial charge in [0.15, 0.2) is 17.5 Å². The zero-order valence-electron chi connectivity index (χ0n) is 25.5. The molecule has 8 aromatic rings. The summed E-state index contributed by atoms with van der Waals surface area (Å²) in [5.74, 6) is 2.02. The molecule has 0 amide bonds. The first kappa shape index (κ1) is 26.9. The fourth-order valence-corrected chi connectivity index (χ4v) is 8.41. The fraction of sp³-hybridized carbons (Fsp3) is 0.0714. The van der Waals surface area contributed by atoms with E-state index in [0.717, 1.165) is 16.7 Å². The van der Waals surface area contributed by atoms with Gasteiger partial charge in [0.25, 0.3) is 0 Å². The van der Waals surface area contributed by atoms with Crippen molar-refractivity contribution >= 4 is 31.5 Å². The van der Waals surface area contributed by atoms with Crippen LogP contribution in [0.4, 0.5) is 0 Å². The molecule has 0 aliphatic heterocycles. The minimum absolute atomic E-state index is 0.126. The Morgan fingerprint density at radius 2 is 0.978 bits per heavy atom. The molecule has 3 nitrogen and oxygen atoms in total. The van der Waals surface area contributed by atoms with Crippen molar-refractivity contribution in [3.8, 4) is 56.4 Å². The molecular weight excluding hydrogens is 579 g/mol. The van der Waals surface area contributed by atoms with Gasteiger partial charge in [0.2, 0.25) is 0 Å². The topological polar surface area (TPSA) is 38.7 Å². The van der Waals surface area contributed by atoms with E-state index < -0.39 is 0 Å². The number of thiophene rings is 1. The second-order valence-electron chi connectivity index (χ2n) is 12.4. The number of aromatic nitrogens is 3. The molecule has 0 saturated heterocycles. The molecule has 0 atom stereocenters. The van der Waals surface area contributed by atoms with Crippen LogP contribution >= 0.6 is 11.3 Å². The third kappa shape index (κ3) is 4.14. The summed E-state index contributed by atoms with van der Waals surface area (Å²) in [5, 5.41) is 2.62. The average Bonchev–Trinajstić information content (AvgIpc) is 3.61. The van der Waals surface area contributed by atoms with Crippen molar-refractivity contribution in [2.45, 2.75) is 19.3 Å². The van der Waals surface area contributed by atoms with Gasteiger partial charge in [-0.15, -0.1) is 11.3 Å². The highest BCUT2D eigenvalue weighted by molar-refractivity contribution is 7.27. The van der Waals surface area contributed by atoms with Crippen molar-refractivity contribution < 1.29 is 0 Å². The van der Waals surface area contributed by atoms with Crippen molar-refractivity contribution in [2.24, 2.45) is 0 Å². The molecule has 46 heavy (non-hydrogen) atoms. The van der Waals surface area contributed by atoms with Gasteiger partial charge in [0.1, 0.15) is 0 Å². The standard InChI is InChI=1S/C42H29N3S/c1-42(2)34-23-21-29(41-44-39(27-15-8-4-9-16-27)43-40(45-41)28-17-10-5-11-18-28)25-33(34)36-35(42)24-22-32-31-20-12-19-30(37(31)46-38(32)36)26-13-6-3-7-14-26/h3-25H,1-2H3. The molecular formula is C42H29N3S. The zero-order chi connectivity index (χ0) is 30.8. The lowest BCUT2D eigenvalue weighted by atomic mass is 9.82. The zero-order valence-corrected chi connectivity index (χ0v) is 26.3. The largest absolute Gasteiger partial charge is 0.208 e. The highest BCUT2D eigenvalue weighted by Crippen LogP contribution is 2.55. The van der Waals surface area contributed by atoms with Crippen molar-refractivity contribution in [1.82, 2.24) is 15.0 Å². The van der Waals surface area contributed by atoms with Gasteiger partial charge in [-0.2, -0.15) is 0 Å². The summed E-state index contributed by atoms with van der Waals surface area (Å²) in [5.41, 5.74) is 10.6. The van der Waals surface area contributed by atoms with E-state index >= 15 is 0 Å².